The van der Waals surface area contributed by atoms with Gasteiger partial charge in [0.1, 0.15) is 5.69 Å². The number of ether oxygens (including phenoxy) is 1. The number of nitro groups is 1. The third-order valence-corrected chi connectivity index (χ3v) is 2.36. The summed E-state index contributed by atoms with van der Waals surface area (Å²) >= 11 is 5.91. The van der Waals surface area contributed by atoms with Crippen molar-refractivity contribution in [1.29, 1.82) is 0 Å². The highest BCUT2D eigenvalue weighted by molar-refractivity contribution is 6.33. The molecular weight excluding hydrogens is 244 g/mol. The molecule has 17 heavy (non-hydrogen) atoms. The Hall–Kier alpha value is -1.33. The lowest BCUT2D eigenvalue weighted by Gasteiger charge is -2.10. The molecule has 1 aromatic carbocycles. The topological polar surface area (TPSA) is 64.4 Å². The highest BCUT2D eigenvalue weighted by Gasteiger charge is 2.15. The monoisotopic (exact) mass is 258 g/mol. The lowest BCUT2D eigenvalue weighted by Crippen LogP contribution is -2.14. The van der Waals surface area contributed by atoms with E-state index in [1.54, 1.807) is 12.1 Å². The highest BCUT2D eigenvalue weighted by atomic mass is 35.5. The van der Waals surface area contributed by atoms with E-state index in [1.165, 1.54) is 6.07 Å². The molecule has 0 spiro atoms. The van der Waals surface area contributed by atoms with Gasteiger partial charge in [-0.2, -0.15) is 0 Å². The van der Waals surface area contributed by atoms with Crippen LogP contribution in [0.4, 0.5) is 11.4 Å². The second kappa shape index (κ2) is 6.42. The predicted octanol–water partition coefficient (Wildman–Crippen LogP) is 3.09. The minimum Gasteiger partial charge on any atom is -0.377 e. The Bertz CT molecular complexity index is 396. The molecule has 0 saturated heterocycles. The zero-order chi connectivity index (χ0) is 12.8. The molecule has 0 fully saturated rings. The average molecular weight is 259 g/mol. The van der Waals surface area contributed by atoms with Crippen LogP contribution >= 0.6 is 11.6 Å². The summed E-state index contributed by atoms with van der Waals surface area (Å²) in [6.45, 7) is 4.80. The first-order valence-electron chi connectivity index (χ1n) is 5.30. The van der Waals surface area contributed by atoms with E-state index >= 15 is 0 Å². The van der Waals surface area contributed by atoms with E-state index in [4.69, 9.17) is 16.3 Å². The van der Waals surface area contributed by atoms with Crippen LogP contribution in [-0.4, -0.2) is 24.2 Å². The van der Waals surface area contributed by atoms with E-state index < -0.39 is 4.92 Å². The van der Waals surface area contributed by atoms with Crippen LogP contribution in [0.3, 0.4) is 0 Å². The predicted molar refractivity (Wildman–Crippen MR) is 67.7 cm³/mol. The van der Waals surface area contributed by atoms with Gasteiger partial charge in [-0.3, -0.25) is 10.1 Å². The SMILES string of the molecule is CC(C)OCCNc1c(Cl)cccc1[N+](=O)[O-]. The largest absolute Gasteiger partial charge is 0.377 e. The van der Waals surface area contributed by atoms with Gasteiger partial charge in [-0.1, -0.05) is 17.7 Å². The van der Waals surface area contributed by atoms with Crippen LogP contribution in [0, 0.1) is 10.1 Å². The molecule has 0 unspecified atom stereocenters. The van der Waals surface area contributed by atoms with Crippen molar-refractivity contribution in [1.82, 2.24) is 0 Å². The summed E-state index contributed by atoms with van der Waals surface area (Å²) in [6.07, 6.45) is 0.137. The van der Waals surface area contributed by atoms with Gasteiger partial charge in [0, 0.05) is 12.6 Å². The summed E-state index contributed by atoms with van der Waals surface area (Å²) in [7, 11) is 0. The van der Waals surface area contributed by atoms with E-state index in [-0.39, 0.29) is 11.8 Å². The smallest absolute Gasteiger partial charge is 0.293 e. The second-order valence-electron chi connectivity index (χ2n) is 3.74. The minimum atomic E-state index is -0.461. The fourth-order valence-electron chi connectivity index (χ4n) is 1.31. The van der Waals surface area contributed by atoms with Crippen LogP contribution in [0.1, 0.15) is 13.8 Å². The van der Waals surface area contributed by atoms with Gasteiger partial charge in [-0.25, -0.2) is 0 Å². The fraction of sp³-hybridized carbons (Fsp3) is 0.455. The van der Waals surface area contributed by atoms with Crippen molar-refractivity contribution in [3.8, 4) is 0 Å². The molecule has 0 heterocycles. The molecule has 0 aliphatic carbocycles. The lowest BCUT2D eigenvalue weighted by atomic mass is 10.2. The Morgan fingerprint density at radius 3 is 2.82 bits per heavy atom. The molecule has 0 amide bonds. The van der Waals surface area contributed by atoms with Gasteiger partial charge in [0.05, 0.1) is 22.7 Å². The van der Waals surface area contributed by atoms with Crippen molar-refractivity contribution in [2.75, 3.05) is 18.5 Å². The summed E-state index contributed by atoms with van der Waals surface area (Å²) in [6, 6.07) is 4.58. The van der Waals surface area contributed by atoms with Crippen molar-refractivity contribution < 1.29 is 9.66 Å². The normalized spacial score (nSPS) is 10.6. The number of hydrogen-bond donors (Lipinski definition) is 1. The van der Waals surface area contributed by atoms with E-state index in [9.17, 15) is 10.1 Å². The average Bonchev–Trinajstić information content (AvgIpc) is 2.25. The minimum absolute atomic E-state index is 0.0259. The van der Waals surface area contributed by atoms with E-state index in [1.807, 2.05) is 13.8 Å². The quantitative estimate of drug-likeness (QED) is 0.484. The Morgan fingerprint density at radius 2 is 2.24 bits per heavy atom. The maximum Gasteiger partial charge on any atom is 0.293 e. The third kappa shape index (κ3) is 4.20. The molecule has 1 N–H and O–H groups in total. The number of nitrogens with one attached hydrogen (secondary N) is 1. The Labute approximate surface area is 105 Å². The molecule has 0 aromatic heterocycles. The van der Waals surface area contributed by atoms with Crippen LogP contribution in [0.25, 0.3) is 0 Å². The van der Waals surface area contributed by atoms with Gasteiger partial charge in [-0.15, -0.1) is 0 Å². The molecular formula is C11H15ClN2O3. The molecule has 0 bridgehead atoms. The molecule has 94 valence electrons. The molecule has 0 radical (unpaired) electrons. The van der Waals surface area contributed by atoms with Gasteiger partial charge in [0.2, 0.25) is 0 Å². The fourth-order valence-corrected chi connectivity index (χ4v) is 1.55. The maximum atomic E-state index is 10.8. The van der Waals surface area contributed by atoms with Gasteiger partial charge < -0.3 is 10.1 Å². The molecule has 5 nitrogen and oxygen atoms in total. The number of nitrogens with zero attached hydrogens (tertiary/aromatic N) is 1. The number of hydrogen-bond acceptors (Lipinski definition) is 4. The standard InChI is InChI=1S/C11H15ClN2O3/c1-8(2)17-7-6-13-11-9(12)4-3-5-10(11)14(15)16/h3-5,8,13H,6-7H2,1-2H3. The lowest BCUT2D eigenvalue weighted by molar-refractivity contribution is -0.383. The first-order valence-corrected chi connectivity index (χ1v) is 5.68. The first kappa shape index (κ1) is 13.7. The van der Waals surface area contributed by atoms with E-state index in [2.05, 4.69) is 5.32 Å². The summed E-state index contributed by atoms with van der Waals surface area (Å²) in [5, 5.41) is 14.0. The number of benzene rings is 1. The highest BCUT2D eigenvalue weighted by Crippen LogP contribution is 2.31. The van der Waals surface area contributed by atoms with Gasteiger partial charge in [0.15, 0.2) is 0 Å². The van der Waals surface area contributed by atoms with Crippen molar-refractivity contribution in [2.24, 2.45) is 0 Å². The van der Waals surface area contributed by atoms with E-state index in [0.29, 0.717) is 23.9 Å². The van der Waals surface area contributed by atoms with Crippen LogP contribution in [0.2, 0.25) is 5.02 Å². The third-order valence-electron chi connectivity index (χ3n) is 2.04. The van der Waals surface area contributed by atoms with Crippen molar-refractivity contribution in [3.05, 3.63) is 33.3 Å². The Morgan fingerprint density at radius 1 is 1.53 bits per heavy atom. The molecule has 0 atom stereocenters. The summed E-state index contributed by atoms with van der Waals surface area (Å²) in [4.78, 5) is 10.3. The molecule has 0 aliphatic rings. The maximum absolute atomic E-state index is 10.8. The van der Waals surface area contributed by atoms with Crippen molar-refractivity contribution >= 4 is 23.0 Å². The molecule has 1 rings (SSSR count). The second-order valence-corrected chi connectivity index (χ2v) is 4.14. The number of anilines is 1. The summed E-state index contributed by atoms with van der Waals surface area (Å²) in [5.41, 5.74) is 0.313. The van der Waals surface area contributed by atoms with Crippen molar-refractivity contribution in [3.63, 3.8) is 0 Å². The number of rotatable bonds is 6. The van der Waals surface area contributed by atoms with Gasteiger partial charge >= 0.3 is 0 Å². The first-order chi connectivity index (χ1) is 8.02. The zero-order valence-electron chi connectivity index (χ0n) is 9.77. The molecule has 0 saturated carbocycles. The summed E-state index contributed by atoms with van der Waals surface area (Å²) in [5.74, 6) is 0. The number of halogens is 1. The van der Waals surface area contributed by atoms with Crippen LogP contribution in [-0.2, 0) is 4.74 Å². The molecule has 1 aromatic rings. The van der Waals surface area contributed by atoms with E-state index in [0.717, 1.165) is 0 Å². The van der Waals surface area contributed by atoms with Crippen LogP contribution in [0.5, 0.6) is 0 Å². The number of para-hydroxylation sites is 1. The van der Waals surface area contributed by atoms with Crippen molar-refractivity contribution in [2.45, 2.75) is 20.0 Å². The van der Waals surface area contributed by atoms with Crippen LogP contribution in [0.15, 0.2) is 18.2 Å². The summed E-state index contributed by atoms with van der Waals surface area (Å²) < 4.78 is 5.33. The molecule has 6 heteroatoms. The van der Waals surface area contributed by atoms with Gasteiger partial charge in [-0.05, 0) is 19.9 Å². The van der Waals surface area contributed by atoms with Gasteiger partial charge in [0.25, 0.3) is 5.69 Å². The zero-order valence-corrected chi connectivity index (χ0v) is 10.5. The Balaban J connectivity index is 2.66. The number of nitro benzene ring substituents is 1. The van der Waals surface area contributed by atoms with Crippen LogP contribution < -0.4 is 5.32 Å². The molecule has 0 aliphatic heterocycles. The Kier molecular flexibility index (Phi) is 5.18.